The number of allylic oxidation sites excluding steroid dienone is 1. The molecule has 3 aromatic rings. The van der Waals surface area contributed by atoms with Crippen LogP contribution in [0, 0.1) is 5.92 Å². The van der Waals surface area contributed by atoms with Gasteiger partial charge in [-0.05, 0) is 35.8 Å². The molecule has 0 saturated carbocycles. The molecule has 0 N–H and O–H groups in total. The molecule has 1 aliphatic carbocycles. The number of hydrogen-bond donors (Lipinski definition) is 0. The van der Waals surface area contributed by atoms with E-state index in [1.54, 1.807) is 12.3 Å². The molecule has 0 saturated heterocycles. The summed E-state index contributed by atoms with van der Waals surface area (Å²) in [7, 11) is 0. The topological polar surface area (TPSA) is 43.4 Å². The highest BCUT2D eigenvalue weighted by Gasteiger charge is 2.34. The summed E-state index contributed by atoms with van der Waals surface area (Å²) in [5, 5.41) is 0.617. The SMILES string of the molecule is C=C1c2c(oc3ccccc3c2=O)C[C@@H](c2ccco2)[C@@H]1C. The Hall–Kier alpha value is -2.55. The Morgan fingerprint density at radius 3 is 2.77 bits per heavy atom. The van der Waals surface area contributed by atoms with Gasteiger partial charge in [-0.15, -0.1) is 0 Å². The van der Waals surface area contributed by atoms with Crippen molar-refractivity contribution >= 4 is 16.5 Å². The molecule has 2 atom stereocenters. The number of rotatable bonds is 1. The van der Waals surface area contributed by atoms with Gasteiger partial charge in [0.25, 0.3) is 0 Å². The van der Waals surface area contributed by atoms with E-state index in [1.165, 1.54) is 0 Å². The molecule has 0 aliphatic heterocycles. The van der Waals surface area contributed by atoms with Crippen LogP contribution in [-0.2, 0) is 6.42 Å². The van der Waals surface area contributed by atoms with E-state index in [1.807, 2.05) is 30.3 Å². The molecule has 110 valence electrons. The molecule has 1 aliphatic rings. The first-order chi connectivity index (χ1) is 10.7. The van der Waals surface area contributed by atoms with E-state index in [4.69, 9.17) is 8.83 Å². The van der Waals surface area contributed by atoms with Gasteiger partial charge in [-0.3, -0.25) is 4.79 Å². The van der Waals surface area contributed by atoms with Gasteiger partial charge in [0.1, 0.15) is 17.1 Å². The summed E-state index contributed by atoms with van der Waals surface area (Å²) in [5.74, 6) is 1.92. The van der Waals surface area contributed by atoms with Gasteiger partial charge in [-0.2, -0.15) is 0 Å². The lowest BCUT2D eigenvalue weighted by molar-refractivity contribution is 0.382. The maximum absolute atomic E-state index is 12.8. The van der Waals surface area contributed by atoms with Crippen LogP contribution in [0.4, 0.5) is 0 Å². The predicted octanol–water partition coefficient (Wildman–Crippen LogP) is 4.38. The number of fused-ring (bicyclic) bond motifs is 2. The molecule has 0 bridgehead atoms. The lowest BCUT2D eigenvalue weighted by atomic mass is 9.75. The second-order valence-electron chi connectivity index (χ2n) is 5.87. The highest BCUT2D eigenvalue weighted by molar-refractivity contribution is 5.82. The number of furan rings is 1. The van der Waals surface area contributed by atoms with Gasteiger partial charge in [-0.1, -0.05) is 25.6 Å². The first-order valence-electron chi connectivity index (χ1n) is 7.44. The third-order valence-electron chi connectivity index (χ3n) is 4.66. The Labute approximate surface area is 127 Å². The minimum Gasteiger partial charge on any atom is -0.469 e. The van der Waals surface area contributed by atoms with Crippen molar-refractivity contribution in [2.75, 3.05) is 0 Å². The van der Waals surface area contributed by atoms with Crippen LogP contribution in [0.1, 0.15) is 29.9 Å². The van der Waals surface area contributed by atoms with E-state index in [9.17, 15) is 4.79 Å². The number of benzene rings is 1. The van der Waals surface area contributed by atoms with E-state index >= 15 is 0 Å². The zero-order valence-electron chi connectivity index (χ0n) is 12.3. The average molecular weight is 292 g/mol. The van der Waals surface area contributed by atoms with E-state index in [-0.39, 0.29) is 17.3 Å². The Kier molecular flexibility index (Phi) is 2.83. The zero-order chi connectivity index (χ0) is 15.3. The Balaban J connectivity index is 1.94. The van der Waals surface area contributed by atoms with Gasteiger partial charge in [0.2, 0.25) is 0 Å². The molecule has 0 fully saturated rings. The summed E-state index contributed by atoms with van der Waals surface area (Å²) in [6, 6.07) is 11.2. The van der Waals surface area contributed by atoms with Crippen molar-refractivity contribution in [2.45, 2.75) is 19.3 Å². The zero-order valence-corrected chi connectivity index (χ0v) is 12.3. The Bertz CT molecular complexity index is 916. The maximum atomic E-state index is 12.8. The molecular formula is C19H16O3. The first kappa shape index (κ1) is 13.1. The quantitative estimate of drug-likeness (QED) is 0.668. The van der Waals surface area contributed by atoms with Crippen LogP contribution in [0.15, 0.2) is 62.9 Å². The van der Waals surface area contributed by atoms with E-state index < -0.39 is 0 Å². The number of para-hydroxylation sites is 1. The fourth-order valence-electron chi connectivity index (χ4n) is 3.35. The second kappa shape index (κ2) is 4.73. The predicted molar refractivity (Wildman–Crippen MR) is 85.8 cm³/mol. The van der Waals surface area contributed by atoms with Crippen LogP contribution in [0.5, 0.6) is 0 Å². The maximum Gasteiger partial charge on any atom is 0.200 e. The monoisotopic (exact) mass is 292 g/mol. The molecule has 0 amide bonds. The molecule has 3 heteroatoms. The highest BCUT2D eigenvalue weighted by Crippen LogP contribution is 2.42. The van der Waals surface area contributed by atoms with Gasteiger partial charge >= 0.3 is 0 Å². The van der Waals surface area contributed by atoms with Crippen LogP contribution < -0.4 is 5.43 Å². The van der Waals surface area contributed by atoms with Crippen LogP contribution in [-0.4, -0.2) is 0 Å². The van der Waals surface area contributed by atoms with Crippen LogP contribution in [0.3, 0.4) is 0 Å². The smallest absolute Gasteiger partial charge is 0.200 e. The summed E-state index contributed by atoms with van der Waals surface area (Å²) >= 11 is 0. The van der Waals surface area contributed by atoms with Crippen LogP contribution in [0.25, 0.3) is 16.5 Å². The van der Waals surface area contributed by atoms with Crippen molar-refractivity contribution in [3.63, 3.8) is 0 Å². The minimum atomic E-state index is 0.0200. The fourth-order valence-corrected chi connectivity index (χ4v) is 3.35. The molecule has 0 unspecified atom stereocenters. The molecule has 1 aromatic carbocycles. The summed E-state index contributed by atoms with van der Waals surface area (Å²) < 4.78 is 11.6. The first-order valence-corrected chi connectivity index (χ1v) is 7.44. The molecule has 0 radical (unpaired) electrons. The lowest BCUT2D eigenvalue weighted by Crippen LogP contribution is -2.25. The van der Waals surface area contributed by atoms with Gasteiger partial charge in [0.05, 0.1) is 17.2 Å². The van der Waals surface area contributed by atoms with Gasteiger partial charge in [0.15, 0.2) is 5.43 Å². The van der Waals surface area contributed by atoms with Crippen molar-refractivity contribution < 1.29 is 8.83 Å². The van der Waals surface area contributed by atoms with Gasteiger partial charge < -0.3 is 8.83 Å². The molecule has 2 heterocycles. The van der Waals surface area contributed by atoms with E-state index in [0.29, 0.717) is 28.7 Å². The molecule has 2 aromatic heterocycles. The van der Waals surface area contributed by atoms with Crippen molar-refractivity contribution in [1.82, 2.24) is 0 Å². The van der Waals surface area contributed by atoms with Crippen molar-refractivity contribution in [3.05, 3.63) is 76.5 Å². The van der Waals surface area contributed by atoms with Gasteiger partial charge in [-0.25, -0.2) is 0 Å². The van der Waals surface area contributed by atoms with Crippen molar-refractivity contribution in [3.8, 4) is 0 Å². The average Bonchev–Trinajstić information content (AvgIpc) is 3.05. The standard InChI is InChI=1S/C19H16O3/c1-11-12(2)18-17(10-14(11)15-8-5-9-21-15)22-16-7-4-3-6-13(16)19(18)20/h3-9,11,14H,2,10H2,1H3/t11-,14-/m1/s1. The minimum absolute atomic E-state index is 0.0200. The summed E-state index contributed by atoms with van der Waals surface area (Å²) in [6.07, 6.45) is 2.33. The molecule has 3 nitrogen and oxygen atoms in total. The number of hydrogen-bond acceptors (Lipinski definition) is 3. The Morgan fingerprint density at radius 2 is 2.00 bits per heavy atom. The third kappa shape index (κ3) is 1.78. The van der Waals surface area contributed by atoms with E-state index in [0.717, 1.165) is 11.3 Å². The molecule has 0 spiro atoms. The second-order valence-corrected chi connectivity index (χ2v) is 5.87. The van der Waals surface area contributed by atoms with Crippen molar-refractivity contribution in [1.29, 1.82) is 0 Å². The molecule has 22 heavy (non-hydrogen) atoms. The highest BCUT2D eigenvalue weighted by atomic mass is 16.3. The largest absolute Gasteiger partial charge is 0.469 e. The fraction of sp³-hybridized carbons (Fsp3) is 0.211. The molecule has 4 rings (SSSR count). The summed E-state index contributed by atoms with van der Waals surface area (Å²) in [4.78, 5) is 12.8. The van der Waals surface area contributed by atoms with Gasteiger partial charge in [0, 0.05) is 12.3 Å². The van der Waals surface area contributed by atoms with E-state index in [2.05, 4.69) is 13.5 Å². The van der Waals surface area contributed by atoms with Crippen LogP contribution >= 0.6 is 0 Å². The normalized spacial score (nSPS) is 21.0. The lowest BCUT2D eigenvalue weighted by Gasteiger charge is -2.30. The third-order valence-corrected chi connectivity index (χ3v) is 4.66. The summed E-state index contributed by atoms with van der Waals surface area (Å²) in [5.41, 5.74) is 2.13. The van der Waals surface area contributed by atoms with Crippen molar-refractivity contribution in [2.24, 2.45) is 5.92 Å². The summed E-state index contributed by atoms with van der Waals surface area (Å²) in [6.45, 7) is 6.25. The molecular weight excluding hydrogens is 276 g/mol. The van der Waals surface area contributed by atoms with Crippen LogP contribution in [0.2, 0.25) is 0 Å². The Morgan fingerprint density at radius 1 is 1.18 bits per heavy atom.